The first-order valence-electron chi connectivity index (χ1n) is 5.71. The van der Waals surface area contributed by atoms with E-state index in [2.05, 4.69) is 0 Å². The van der Waals surface area contributed by atoms with E-state index < -0.39 is 6.23 Å². The van der Waals surface area contributed by atoms with Crippen LogP contribution >= 0.6 is 0 Å². The number of nitrogens with zero attached hydrogens (tertiary/aromatic N) is 1. The van der Waals surface area contributed by atoms with Crippen LogP contribution in [-0.2, 0) is 4.79 Å². The summed E-state index contributed by atoms with van der Waals surface area (Å²) < 4.78 is 0. The monoisotopic (exact) mass is 197 g/mol. The first kappa shape index (κ1) is 9.97. The maximum Gasteiger partial charge on any atom is 0.224 e. The molecular formula is C11H19NO2. The summed E-state index contributed by atoms with van der Waals surface area (Å²) in [5.74, 6) is 1.03. The first-order valence-corrected chi connectivity index (χ1v) is 5.71. The molecule has 1 N–H and O–H groups in total. The van der Waals surface area contributed by atoms with Crippen LogP contribution in [0.1, 0.15) is 39.0 Å². The van der Waals surface area contributed by atoms with Crippen molar-refractivity contribution >= 4 is 5.91 Å². The van der Waals surface area contributed by atoms with Crippen LogP contribution < -0.4 is 0 Å². The standard InChI is InChI=1S/C11H19NO2/c1-2-10(13)12-7-8-5-3-4-6-9(8)11(12)14/h8-9,11,14H,2-7H2,1H3/t8-,9-,11+/m1/s1. The molecule has 1 saturated heterocycles. The molecular weight excluding hydrogens is 178 g/mol. The van der Waals surface area contributed by atoms with E-state index >= 15 is 0 Å². The van der Waals surface area contributed by atoms with E-state index in [1.807, 2.05) is 6.92 Å². The van der Waals surface area contributed by atoms with Gasteiger partial charge >= 0.3 is 0 Å². The van der Waals surface area contributed by atoms with Crippen molar-refractivity contribution in [3.05, 3.63) is 0 Å². The highest BCUT2D eigenvalue weighted by molar-refractivity contribution is 5.76. The molecule has 0 spiro atoms. The van der Waals surface area contributed by atoms with Crippen LogP contribution in [0.3, 0.4) is 0 Å². The quantitative estimate of drug-likeness (QED) is 0.689. The third-order valence-electron chi connectivity index (χ3n) is 3.72. The van der Waals surface area contributed by atoms with E-state index in [-0.39, 0.29) is 5.91 Å². The summed E-state index contributed by atoms with van der Waals surface area (Å²) in [6.07, 6.45) is 4.78. The Bertz CT molecular complexity index is 229. The molecule has 2 rings (SSSR count). The van der Waals surface area contributed by atoms with Crippen LogP contribution in [-0.4, -0.2) is 28.7 Å². The molecule has 1 amide bonds. The average Bonchev–Trinajstić information content (AvgIpc) is 2.56. The van der Waals surface area contributed by atoms with Gasteiger partial charge in [-0.1, -0.05) is 19.8 Å². The van der Waals surface area contributed by atoms with E-state index in [0.717, 1.165) is 13.0 Å². The lowest BCUT2D eigenvalue weighted by Crippen LogP contribution is -2.37. The molecule has 0 radical (unpaired) electrons. The van der Waals surface area contributed by atoms with Crippen LogP contribution in [0.2, 0.25) is 0 Å². The molecule has 1 saturated carbocycles. The third-order valence-corrected chi connectivity index (χ3v) is 3.72. The molecule has 1 aliphatic carbocycles. The normalized spacial score (nSPS) is 37.0. The van der Waals surface area contributed by atoms with Crippen molar-refractivity contribution in [3.63, 3.8) is 0 Å². The number of hydrogen-bond acceptors (Lipinski definition) is 2. The van der Waals surface area contributed by atoms with Crippen molar-refractivity contribution in [1.82, 2.24) is 4.90 Å². The van der Waals surface area contributed by atoms with Gasteiger partial charge in [-0.15, -0.1) is 0 Å². The highest BCUT2D eigenvalue weighted by Gasteiger charge is 2.42. The molecule has 3 atom stereocenters. The predicted octanol–water partition coefficient (Wildman–Crippen LogP) is 1.36. The van der Waals surface area contributed by atoms with Crippen LogP contribution in [0, 0.1) is 11.8 Å². The van der Waals surface area contributed by atoms with Gasteiger partial charge in [-0.05, 0) is 18.8 Å². The number of aliphatic hydroxyl groups excluding tert-OH is 1. The molecule has 80 valence electrons. The average molecular weight is 197 g/mol. The zero-order valence-electron chi connectivity index (χ0n) is 8.78. The molecule has 3 nitrogen and oxygen atoms in total. The van der Waals surface area contributed by atoms with E-state index in [1.54, 1.807) is 4.90 Å². The summed E-state index contributed by atoms with van der Waals surface area (Å²) in [7, 11) is 0. The summed E-state index contributed by atoms with van der Waals surface area (Å²) >= 11 is 0. The molecule has 1 aliphatic heterocycles. The largest absolute Gasteiger partial charge is 0.373 e. The first-order chi connectivity index (χ1) is 6.74. The highest BCUT2D eigenvalue weighted by atomic mass is 16.3. The molecule has 14 heavy (non-hydrogen) atoms. The van der Waals surface area contributed by atoms with Gasteiger partial charge in [0.1, 0.15) is 6.23 Å². The van der Waals surface area contributed by atoms with Crippen molar-refractivity contribution in [2.45, 2.75) is 45.3 Å². The number of carbonyl (C=O) groups is 1. The molecule has 0 aromatic carbocycles. The van der Waals surface area contributed by atoms with E-state index in [1.165, 1.54) is 19.3 Å². The number of hydrogen-bond donors (Lipinski definition) is 1. The van der Waals surface area contributed by atoms with Gasteiger partial charge < -0.3 is 10.0 Å². The van der Waals surface area contributed by atoms with Crippen LogP contribution in [0.15, 0.2) is 0 Å². The SMILES string of the molecule is CCC(=O)N1C[C@H]2CCCC[C@H]2[C@@H]1O. The second kappa shape index (κ2) is 3.89. The number of likely N-dealkylation sites (tertiary alicyclic amines) is 1. The fraction of sp³-hybridized carbons (Fsp3) is 0.909. The Balaban J connectivity index is 2.06. The number of aliphatic hydroxyl groups is 1. The maximum atomic E-state index is 11.5. The van der Waals surface area contributed by atoms with E-state index in [4.69, 9.17) is 0 Å². The third kappa shape index (κ3) is 1.54. The summed E-state index contributed by atoms with van der Waals surface area (Å²) in [4.78, 5) is 13.2. The lowest BCUT2D eigenvalue weighted by Gasteiger charge is -2.26. The minimum absolute atomic E-state index is 0.104. The molecule has 0 aromatic heterocycles. The van der Waals surface area contributed by atoms with Crippen molar-refractivity contribution < 1.29 is 9.90 Å². The second-order valence-electron chi connectivity index (χ2n) is 4.52. The predicted molar refractivity (Wildman–Crippen MR) is 53.5 cm³/mol. The zero-order valence-corrected chi connectivity index (χ0v) is 8.78. The lowest BCUT2D eigenvalue weighted by molar-refractivity contribution is -0.139. The van der Waals surface area contributed by atoms with Gasteiger partial charge in [0, 0.05) is 18.9 Å². The summed E-state index contributed by atoms with van der Waals surface area (Å²) in [5, 5.41) is 9.99. The summed E-state index contributed by atoms with van der Waals surface area (Å²) in [6.45, 7) is 2.65. The molecule has 0 bridgehead atoms. The summed E-state index contributed by atoms with van der Waals surface area (Å²) in [6, 6.07) is 0. The number of rotatable bonds is 1. The Kier molecular flexibility index (Phi) is 2.77. The maximum absolute atomic E-state index is 11.5. The Labute approximate surface area is 85.1 Å². The summed E-state index contributed by atoms with van der Waals surface area (Å²) in [5.41, 5.74) is 0. The van der Waals surface area contributed by atoms with Crippen molar-refractivity contribution in [3.8, 4) is 0 Å². The van der Waals surface area contributed by atoms with Crippen molar-refractivity contribution in [1.29, 1.82) is 0 Å². The highest BCUT2D eigenvalue weighted by Crippen LogP contribution is 2.39. The van der Waals surface area contributed by atoms with Gasteiger partial charge in [-0.25, -0.2) is 0 Å². The Morgan fingerprint density at radius 1 is 1.43 bits per heavy atom. The van der Waals surface area contributed by atoms with Gasteiger partial charge in [-0.2, -0.15) is 0 Å². The van der Waals surface area contributed by atoms with Crippen LogP contribution in [0.5, 0.6) is 0 Å². The minimum atomic E-state index is -0.493. The molecule has 0 aromatic rings. The smallest absolute Gasteiger partial charge is 0.224 e. The van der Waals surface area contributed by atoms with Crippen LogP contribution in [0.25, 0.3) is 0 Å². The van der Waals surface area contributed by atoms with Crippen molar-refractivity contribution in [2.75, 3.05) is 6.54 Å². The molecule has 1 heterocycles. The van der Waals surface area contributed by atoms with E-state index in [0.29, 0.717) is 18.3 Å². The molecule has 2 fully saturated rings. The minimum Gasteiger partial charge on any atom is -0.373 e. The Morgan fingerprint density at radius 2 is 2.14 bits per heavy atom. The number of amides is 1. The molecule has 3 heteroatoms. The lowest BCUT2D eigenvalue weighted by atomic mass is 9.81. The number of fused-ring (bicyclic) bond motifs is 1. The van der Waals surface area contributed by atoms with Gasteiger partial charge in [0.05, 0.1) is 0 Å². The molecule has 0 unspecified atom stereocenters. The molecule has 2 aliphatic rings. The fourth-order valence-corrected chi connectivity index (χ4v) is 2.90. The van der Waals surface area contributed by atoms with Gasteiger partial charge in [0.25, 0.3) is 0 Å². The van der Waals surface area contributed by atoms with E-state index in [9.17, 15) is 9.90 Å². The topological polar surface area (TPSA) is 40.5 Å². The van der Waals surface area contributed by atoms with Crippen molar-refractivity contribution in [2.24, 2.45) is 11.8 Å². The number of carbonyl (C=O) groups excluding carboxylic acids is 1. The fourth-order valence-electron chi connectivity index (χ4n) is 2.90. The zero-order chi connectivity index (χ0) is 10.1. The Morgan fingerprint density at radius 3 is 2.79 bits per heavy atom. The Hall–Kier alpha value is -0.570. The van der Waals surface area contributed by atoms with Gasteiger partial charge in [0.2, 0.25) is 5.91 Å². The van der Waals surface area contributed by atoms with Crippen LogP contribution in [0.4, 0.5) is 0 Å². The van der Waals surface area contributed by atoms with Gasteiger partial charge in [0.15, 0.2) is 0 Å². The van der Waals surface area contributed by atoms with Gasteiger partial charge in [-0.3, -0.25) is 4.79 Å². The second-order valence-corrected chi connectivity index (χ2v) is 4.52.